The number of benzene rings is 2. The highest BCUT2D eigenvalue weighted by atomic mass is 16.6. The number of carbonyl (C=O) groups excluding carboxylic acids is 3. The number of nitrogens with zero attached hydrogens (tertiary/aromatic N) is 1. The van der Waals surface area contributed by atoms with Crippen LogP contribution in [0.5, 0.6) is 0 Å². The van der Waals surface area contributed by atoms with Gasteiger partial charge in [0.1, 0.15) is 17.7 Å². The number of rotatable bonds is 13. The lowest BCUT2D eigenvalue weighted by Crippen LogP contribution is -2.54. The predicted octanol–water partition coefficient (Wildman–Crippen LogP) is 7.95. The molecule has 7 nitrogen and oxygen atoms in total. The largest absolute Gasteiger partial charge is 0.444 e. The number of hydrogen-bond donors (Lipinski definition) is 2. The summed E-state index contributed by atoms with van der Waals surface area (Å²) in [6.07, 6.45) is 4.34. The normalized spacial score (nSPS) is 12.9. The molecular formula is C35H53N3O4. The molecule has 3 amide bonds. The minimum atomic E-state index is -0.884. The Balaban J connectivity index is 2.63. The molecule has 2 aromatic rings. The lowest BCUT2D eigenvalue weighted by atomic mass is 9.92. The molecule has 2 atom stereocenters. The summed E-state index contributed by atoms with van der Waals surface area (Å²) >= 11 is 0. The van der Waals surface area contributed by atoms with Gasteiger partial charge in [0.05, 0.1) is 0 Å². The van der Waals surface area contributed by atoms with Crippen molar-refractivity contribution in [2.24, 2.45) is 5.92 Å². The summed E-state index contributed by atoms with van der Waals surface area (Å²) in [7, 11) is 0. The fourth-order valence-corrected chi connectivity index (χ4v) is 5.27. The number of amides is 3. The van der Waals surface area contributed by atoms with Crippen LogP contribution in [0.1, 0.15) is 108 Å². The van der Waals surface area contributed by atoms with Crippen LogP contribution in [0, 0.1) is 33.6 Å². The third-order valence-corrected chi connectivity index (χ3v) is 7.50. The molecule has 0 aliphatic rings. The monoisotopic (exact) mass is 579 g/mol. The predicted molar refractivity (Wildman–Crippen MR) is 172 cm³/mol. The number of ether oxygens (including phenoxy) is 1. The van der Waals surface area contributed by atoms with Crippen molar-refractivity contribution in [3.63, 3.8) is 0 Å². The maximum Gasteiger partial charge on any atom is 0.408 e. The number of carbonyl (C=O) groups is 3. The van der Waals surface area contributed by atoms with Gasteiger partial charge in [0, 0.05) is 12.2 Å². The number of para-hydroxylation sites is 1. The van der Waals surface area contributed by atoms with Crippen LogP contribution in [-0.2, 0) is 14.3 Å². The van der Waals surface area contributed by atoms with E-state index in [0.717, 1.165) is 65.6 Å². The molecule has 42 heavy (non-hydrogen) atoms. The van der Waals surface area contributed by atoms with Gasteiger partial charge in [-0.15, -0.1) is 0 Å². The molecule has 0 spiro atoms. The molecule has 0 fully saturated rings. The highest BCUT2D eigenvalue weighted by molar-refractivity contribution is 6.00. The van der Waals surface area contributed by atoms with Gasteiger partial charge in [-0.25, -0.2) is 4.79 Å². The minimum Gasteiger partial charge on any atom is -0.444 e. The molecule has 2 aromatic carbocycles. The maximum absolute atomic E-state index is 14.5. The van der Waals surface area contributed by atoms with Crippen molar-refractivity contribution in [1.82, 2.24) is 10.2 Å². The summed E-state index contributed by atoms with van der Waals surface area (Å²) in [6, 6.07) is 10.1. The van der Waals surface area contributed by atoms with E-state index in [0.29, 0.717) is 6.54 Å². The third kappa shape index (κ3) is 9.88. The van der Waals surface area contributed by atoms with Crippen LogP contribution >= 0.6 is 0 Å². The molecule has 2 unspecified atom stereocenters. The Labute approximate surface area is 253 Å². The van der Waals surface area contributed by atoms with Crippen molar-refractivity contribution >= 4 is 23.6 Å². The quantitative estimate of drug-likeness (QED) is 0.236. The van der Waals surface area contributed by atoms with Crippen LogP contribution in [0.2, 0.25) is 0 Å². The van der Waals surface area contributed by atoms with Gasteiger partial charge in [0.2, 0.25) is 5.91 Å². The molecule has 0 heterocycles. The highest BCUT2D eigenvalue weighted by Gasteiger charge is 2.38. The molecular weight excluding hydrogens is 526 g/mol. The maximum atomic E-state index is 14.5. The second kappa shape index (κ2) is 15.8. The number of nitrogens with one attached hydrogen (secondary N) is 2. The van der Waals surface area contributed by atoms with Crippen molar-refractivity contribution in [1.29, 1.82) is 0 Å². The molecule has 0 radical (unpaired) electrons. The molecule has 2 N–H and O–H groups in total. The lowest BCUT2D eigenvalue weighted by molar-refractivity contribution is -0.141. The van der Waals surface area contributed by atoms with E-state index in [1.54, 1.807) is 25.7 Å². The summed E-state index contributed by atoms with van der Waals surface area (Å²) in [4.78, 5) is 43.4. The molecule has 0 saturated carbocycles. The standard InChI is InChI=1S/C35H53N3O4/c1-11-12-13-14-15-22-38(33(40)29(23(2)3)37-34(41)42-35(8,9)10)31(28-24(4)18-16-19-25(28)5)32(39)36-30-26(6)20-17-21-27(30)7/h16-21,23,29,31H,11-15,22H2,1-10H3,(H,36,39)(H,37,41). The smallest absolute Gasteiger partial charge is 0.408 e. The van der Waals surface area contributed by atoms with Crippen LogP contribution in [0.4, 0.5) is 10.5 Å². The van der Waals surface area contributed by atoms with Gasteiger partial charge < -0.3 is 20.3 Å². The average Bonchev–Trinajstić information content (AvgIpc) is 2.88. The molecule has 0 saturated heterocycles. The Kier molecular flexibility index (Phi) is 13.1. The van der Waals surface area contributed by atoms with Crippen molar-refractivity contribution in [3.05, 3.63) is 64.2 Å². The summed E-state index contributed by atoms with van der Waals surface area (Å²) in [5.41, 5.74) is 4.62. The Hall–Kier alpha value is -3.35. The van der Waals surface area contributed by atoms with Gasteiger partial charge in [0.15, 0.2) is 0 Å². The van der Waals surface area contributed by atoms with Crippen LogP contribution in [0.25, 0.3) is 0 Å². The summed E-state index contributed by atoms with van der Waals surface area (Å²) in [6.45, 7) is 19.6. The van der Waals surface area contributed by atoms with Crippen LogP contribution in [-0.4, -0.2) is 41.0 Å². The van der Waals surface area contributed by atoms with E-state index in [2.05, 4.69) is 17.6 Å². The fourth-order valence-electron chi connectivity index (χ4n) is 5.27. The van der Waals surface area contributed by atoms with Gasteiger partial charge in [0.25, 0.3) is 5.91 Å². The van der Waals surface area contributed by atoms with Crippen molar-refractivity contribution in [3.8, 4) is 0 Å². The van der Waals surface area contributed by atoms with E-state index >= 15 is 0 Å². The molecule has 0 aliphatic heterocycles. The first-order chi connectivity index (χ1) is 19.7. The fraction of sp³-hybridized carbons (Fsp3) is 0.571. The van der Waals surface area contributed by atoms with Gasteiger partial charge >= 0.3 is 6.09 Å². The van der Waals surface area contributed by atoms with E-state index in [1.165, 1.54) is 0 Å². The first-order valence-electron chi connectivity index (χ1n) is 15.4. The van der Waals surface area contributed by atoms with Crippen molar-refractivity contribution in [2.45, 2.75) is 119 Å². The molecule has 2 rings (SSSR count). The number of hydrogen-bond acceptors (Lipinski definition) is 4. The third-order valence-electron chi connectivity index (χ3n) is 7.50. The minimum absolute atomic E-state index is 0.229. The lowest BCUT2D eigenvalue weighted by Gasteiger charge is -2.37. The first kappa shape index (κ1) is 34.8. The SMILES string of the molecule is CCCCCCCN(C(=O)C(NC(=O)OC(C)(C)C)C(C)C)C(C(=O)Nc1c(C)cccc1C)c1c(C)cccc1C. The number of unbranched alkanes of at least 4 members (excludes halogenated alkanes) is 4. The van der Waals surface area contributed by atoms with Gasteiger partial charge in [-0.2, -0.15) is 0 Å². The zero-order valence-electron chi connectivity index (χ0n) is 27.5. The molecule has 0 aliphatic carbocycles. The van der Waals surface area contributed by atoms with Gasteiger partial charge in [-0.1, -0.05) is 82.9 Å². The topological polar surface area (TPSA) is 87.7 Å². The zero-order chi connectivity index (χ0) is 31.6. The molecule has 7 heteroatoms. The average molecular weight is 580 g/mol. The first-order valence-corrected chi connectivity index (χ1v) is 15.4. The number of alkyl carbamates (subject to hydrolysis) is 1. The second-order valence-electron chi connectivity index (χ2n) is 12.8. The summed E-state index contributed by atoms with van der Waals surface area (Å²) in [5.74, 6) is -0.796. The molecule has 0 bridgehead atoms. The van der Waals surface area contributed by atoms with Crippen LogP contribution in [0.15, 0.2) is 36.4 Å². The van der Waals surface area contributed by atoms with E-state index in [1.807, 2.05) is 77.9 Å². The Bertz CT molecular complexity index is 1170. The van der Waals surface area contributed by atoms with Crippen LogP contribution < -0.4 is 10.6 Å². The van der Waals surface area contributed by atoms with E-state index in [4.69, 9.17) is 4.74 Å². The Morgan fingerprint density at radius 3 is 1.86 bits per heavy atom. The highest BCUT2D eigenvalue weighted by Crippen LogP contribution is 2.32. The Morgan fingerprint density at radius 1 is 0.833 bits per heavy atom. The van der Waals surface area contributed by atoms with E-state index in [9.17, 15) is 14.4 Å². The van der Waals surface area contributed by atoms with Gasteiger partial charge in [-0.3, -0.25) is 9.59 Å². The Morgan fingerprint density at radius 2 is 1.36 bits per heavy atom. The van der Waals surface area contributed by atoms with E-state index in [-0.39, 0.29) is 17.7 Å². The summed E-state index contributed by atoms with van der Waals surface area (Å²) < 4.78 is 5.51. The van der Waals surface area contributed by atoms with Crippen molar-refractivity contribution < 1.29 is 19.1 Å². The zero-order valence-corrected chi connectivity index (χ0v) is 27.5. The van der Waals surface area contributed by atoms with E-state index < -0.39 is 23.8 Å². The summed E-state index contributed by atoms with van der Waals surface area (Å²) in [5, 5.41) is 6.00. The second-order valence-corrected chi connectivity index (χ2v) is 12.8. The van der Waals surface area contributed by atoms with Gasteiger partial charge in [-0.05, 0) is 88.6 Å². The number of aryl methyl sites for hydroxylation is 4. The molecule has 0 aromatic heterocycles. The number of anilines is 1. The van der Waals surface area contributed by atoms with Crippen LogP contribution in [0.3, 0.4) is 0 Å². The van der Waals surface area contributed by atoms with Crippen molar-refractivity contribution in [2.75, 3.05) is 11.9 Å². The molecule has 232 valence electrons.